The number of amides is 2. The molecule has 1 aromatic carbocycles. The molecule has 2 amide bonds. The predicted molar refractivity (Wildman–Crippen MR) is 286 cm³/mol. The highest BCUT2D eigenvalue weighted by atomic mass is 32.2. The number of benzene rings is 1. The number of H-pyrrole nitrogens is 2. The number of nitrogens with zero attached hydrogens (tertiary/aromatic N) is 4. The smallest absolute Gasteiger partial charge is 0.309 e. The number of nitrogens with one attached hydrogen (secondary N) is 4. The zero-order chi connectivity index (χ0) is 53.0. The lowest BCUT2D eigenvalue weighted by Gasteiger charge is -2.26. The third-order valence-corrected chi connectivity index (χ3v) is 16.5. The summed E-state index contributed by atoms with van der Waals surface area (Å²) in [4.78, 5) is 91.9. The first-order chi connectivity index (χ1) is 35.5. The van der Waals surface area contributed by atoms with E-state index in [9.17, 15) is 32.4 Å². The first-order valence-corrected chi connectivity index (χ1v) is 27.3. The first-order valence-electron chi connectivity index (χ1n) is 25.5. The second-order valence-corrected chi connectivity index (χ2v) is 21.7. The molecule has 8 bridgehead atoms. The fourth-order valence-corrected chi connectivity index (χ4v) is 12.1. The van der Waals surface area contributed by atoms with Crippen molar-refractivity contribution in [1.29, 1.82) is 0 Å². The number of ether oxygens (including phenoxy) is 2. The van der Waals surface area contributed by atoms with Crippen molar-refractivity contribution in [2.75, 3.05) is 51.4 Å². The number of Topliss-reactive ketones (excluding diaryl/α,β-unsaturated/α-hetero) is 2. The van der Waals surface area contributed by atoms with Crippen LogP contribution in [0.1, 0.15) is 162 Å². The normalized spacial score (nSPS) is 17.4. The van der Waals surface area contributed by atoms with Gasteiger partial charge >= 0.3 is 5.97 Å². The lowest BCUT2D eigenvalue weighted by atomic mass is 9.86. The van der Waals surface area contributed by atoms with Crippen molar-refractivity contribution in [2.45, 2.75) is 98.3 Å². The van der Waals surface area contributed by atoms with Crippen LogP contribution in [0.25, 0.3) is 33.3 Å². The highest BCUT2D eigenvalue weighted by molar-refractivity contribution is 7.91. The quantitative estimate of drug-likeness (QED) is 0.0362. The summed E-state index contributed by atoms with van der Waals surface area (Å²) in [6.45, 7) is 18.1. The molecule has 0 fully saturated rings. The van der Waals surface area contributed by atoms with Gasteiger partial charge in [-0.15, -0.1) is 0 Å². The molecule has 7 heterocycles. The number of sulfone groups is 1. The van der Waals surface area contributed by atoms with Gasteiger partial charge in [-0.3, -0.25) is 33.9 Å². The third kappa shape index (κ3) is 11.0. The molecular formula is C56H66N8O9S. The Bertz CT molecular complexity index is 3220. The van der Waals surface area contributed by atoms with Gasteiger partial charge in [0, 0.05) is 65.8 Å². The number of aryl methyl sites for hydroxylation is 1. The Morgan fingerprint density at radius 1 is 0.946 bits per heavy atom. The second kappa shape index (κ2) is 22.5. The number of fused-ring (bicyclic) bond motifs is 8. The van der Waals surface area contributed by atoms with Gasteiger partial charge in [-0.1, -0.05) is 33.4 Å². The number of guanidine groups is 1. The average Bonchev–Trinajstić information content (AvgIpc) is 4.08. The Kier molecular flexibility index (Phi) is 16.1. The molecule has 8 rings (SSSR count). The molecular weight excluding hydrogens is 961 g/mol. The highest BCUT2D eigenvalue weighted by Gasteiger charge is 2.41. The van der Waals surface area contributed by atoms with E-state index in [-0.39, 0.29) is 54.4 Å². The number of carbonyl (C=O) groups is 5. The van der Waals surface area contributed by atoms with Crippen LogP contribution in [0, 0.1) is 12.8 Å². The molecule has 0 aliphatic carbocycles. The summed E-state index contributed by atoms with van der Waals surface area (Å²) in [6.07, 6.45) is 3.58. The van der Waals surface area contributed by atoms with E-state index >= 15 is 0 Å². The molecule has 17 nitrogen and oxygen atoms in total. The van der Waals surface area contributed by atoms with Crippen molar-refractivity contribution in [3.63, 3.8) is 0 Å². The minimum absolute atomic E-state index is 0.0735. The van der Waals surface area contributed by atoms with Gasteiger partial charge < -0.3 is 30.1 Å². The highest BCUT2D eigenvalue weighted by Crippen LogP contribution is 2.44. The maximum Gasteiger partial charge on any atom is 0.309 e. The molecule has 0 saturated heterocycles. The number of hydrogen-bond donors (Lipinski definition) is 4. The molecule has 0 saturated carbocycles. The van der Waals surface area contributed by atoms with Crippen LogP contribution in [-0.2, 0) is 24.2 Å². The van der Waals surface area contributed by atoms with Gasteiger partial charge in [0.25, 0.3) is 11.8 Å². The Balaban J connectivity index is 0.979. The van der Waals surface area contributed by atoms with Crippen LogP contribution in [0.5, 0.6) is 5.75 Å². The van der Waals surface area contributed by atoms with E-state index in [4.69, 9.17) is 19.4 Å². The fourth-order valence-electron chi connectivity index (χ4n) is 10.5. The van der Waals surface area contributed by atoms with E-state index in [1.165, 1.54) is 0 Å². The number of hydrogen-bond acceptors (Lipinski definition) is 14. The van der Waals surface area contributed by atoms with E-state index in [1.54, 1.807) is 30.3 Å². The van der Waals surface area contributed by atoms with Crippen LogP contribution >= 0.6 is 0 Å². The van der Waals surface area contributed by atoms with Crippen molar-refractivity contribution in [3.05, 3.63) is 112 Å². The minimum atomic E-state index is -3.95. The Morgan fingerprint density at radius 2 is 1.68 bits per heavy atom. The third-order valence-electron chi connectivity index (χ3n) is 14.7. The summed E-state index contributed by atoms with van der Waals surface area (Å²) in [5, 5.41) is 6.36. The number of methoxy groups -OCH3 is 1. The lowest BCUT2D eigenvalue weighted by molar-refractivity contribution is -0.144. The van der Waals surface area contributed by atoms with Crippen molar-refractivity contribution < 1.29 is 41.9 Å². The molecule has 5 aliphatic heterocycles. The summed E-state index contributed by atoms with van der Waals surface area (Å²) >= 11 is 0. The van der Waals surface area contributed by atoms with Gasteiger partial charge in [0.15, 0.2) is 27.4 Å². The van der Waals surface area contributed by atoms with Crippen LogP contribution in [0.3, 0.4) is 0 Å². The number of ketones is 2. The van der Waals surface area contributed by atoms with Gasteiger partial charge in [-0.25, -0.2) is 18.4 Å². The summed E-state index contributed by atoms with van der Waals surface area (Å²) in [7, 11) is -2.79. The molecule has 0 spiro atoms. The van der Waals surface area contributed by atoms with Crippen LogP contribution in [0.4, 0.5) is 0 Å². The molecule has 0 unspecified atom stereocenters. The van der Waals surface area contributed by atoms with Gasteiger partial charge in [-0.05, 0) is 118 Å². The molecule has 74 heavy (non-hydrogen) atoms. The minimum Gasteiger partial charge on any atom is -0.492 e. The summed E-state index contributed by atoms with van der Waals surface area (Å²) < 4.78 is 37.8. The molecule has 3 aromatic rings. The second-order valence-electron chi connectivity index (χ2n) is 19.4. The van der Waals surface area contributed by atoms with E-state index in [2.05, 4.69) is 46.0 Å². The Hall–Kier alpha value is -7.21. The molecule has 18 heteroatoms. The Labute approximate surface area is 432 Å². The summed E-state index contributed by atoms with van der Waals surface area (Å²) in [5.41, 5.74) is 10.8. The fraction of sp³-hybridized carbons (Fsp3) is 0.429. The lowest BCUT2D eigenvalue weighted by Crippen LogP contribution is -2.44. The van der Waals surface area contributed by atoms with Crippen molar-refractivity contribution in [2.24, 2.45) is 10.9 Å². The monoisotopic (exact) mass is 1030 g/mol. The summed E-state index contributed by atoms with van der Waals surface area (Å²) in [5.74, 6) is -3.93. The number of aliphatic imine (C=N–C) groups is 1. The van der Waals surface area contributed by atoms with Crippen LogP contribution in [0.15, 0.2) is 60.1 Å². The zero-order valence-corrected chi connectivity index (χ0v) is 44.1. The van der Waals surface area contributed by atoms with Crippen molar-refractivity contribution in [3.8, 4) is 5.75 Å². The number of imide groups is 1. The largest absolute Gasteiger partial charge is 0.492 e. The van der Waals surface area contributed by atoms with Crippen LogP contribution in [0.2, 0.25) is 0 Å². The predicted octanol–water partition coefficient (Wildman–Crippen LogP) is 8.23. The van der Waals surface area contributed by atoms with Crippen molar-refractivity contribution >= 4 is 78.5 Å². The van der Waals surface area contributed by atoms with E-state index in [0.29, 0.717) is 65.3 Å². The standard InChI is InChI=1S/C56H66N8O9S/c1-9-39-31(4)42-26-44-33(6)41(11-3)51(62-44)50-52-49(34(7)45(63-52)28-47-40(10-2)32(5)43(61-47)27-46(39)60-42)53(67)64(54(50)68)29-37(65)14-12-25-74(70,71)30-36(55(69)72-8)17-20-48(66)35-15-18-38(19-16-35)73-24-23-59-56-57-21-13-22-58-56/h9,15-16,18-19,26-28,33,36,41,62-63H,1,10-14,17,20-25,29-30H2,2-8H3,(H2,57,58,59)/t33-,36+,41-/m0/s1. The number of allylic oxidation sites excluding steroid dienone is 5. The number of rotatable bonds is 20. The van der Waals surface area contributed by atoms with Crippen molar-refractivity contribution in [1.82, 2.24) is 35.5 Å². The number of carbonyl (C=O) groups excluding carboxylic acids is 5. The maximum absolute atomic E-state index is 14.9. The van der Waals surface area contributed by atoms with Gasteiger partial charge in [-0.2, -0.15) is 0 Å². The molecule has 5 aliphatic rings. The van der Waals surface area contributed by atoms with E-state index < -0.39 is 57.4 Å². The van der Waals surface area contributed by atoms with Crippen LogP contribution < -0.4 is 15.4 Å². The van der Waals surface area contributed by atoms with E-state index in [0.717, 1.165) is 82.5 Å². The van der Waals surface area contributed by atoms with Gasteiger partial charge in [0.05, 0.1) is 77.0 Å². The molecule has 4 N–H and O–H groups in total. The molecule has 3 atom stereocenters. The maximum atomic E-state index is 14.9. The van der Waals surface area contributed by atoms with Gasteiger partial charge in [0.1, 0.15) is 12.4 Å². The van der Waals surface area contributed by atoms with E-state index in [1.807, 2.05) is 45.9 Å². The first kappa shape index (κ1) is 53.1. The zero-order valence-electron chi connectivity index (χ0n) is 43.3. The van der Waals surface area contributed by atoms with Gasteiger partial charge in [0.2, 0.25) is 0 Å². The average molecular weight is 1030 g/mol. The summed E-state index contributed by atoms with van der Waals surface area (Å²) in [6, 6.07) is 12.5. The molecule has 0 radical (unpaired) electrons. The topological polar surface area (TPSA) is 235 Å². The SMILES string of the molecule is C=CC1=C(C)c2cc3[nH]c(c4c5[nH]c(cc6nc(cc1n2)C(C)=C6CC)c(C)c5C(=O)N(CC(=O)CCCS(=O)(=O)C[C@@H](CCC(=O)c1ccc(OCCNC2=NCCCN2)cc1)C(=O)OC)C4=O)[C@@H](CC)[C@@H]3C. The number of aromatic amines is 2. The Morgan fingerprint density at radius 3 is 2.36 bits per heavy atom. The molecule has 2 aromatic heterocycles. The number of aromatic nitrogens is 4. The molecule has 390 valence electrons. The van der Waals surface area contributed by atoms with Crippen LogP contribution in [-0.4, -0.2) is 120 Å². The number of esters is 1.